The van der Waals surface area contributed by atoms with Crippen molar-refractivity contribution in [3.05, 3.63) is 35.4 Å². The summed E-state index contributed by atoms with van der Waals surface area (Å²) < 4.78 is 32.3. The lowest BCUT2D eigenvalue weighted by Crippen LogP contribution is -2.39. The van der Waals surface area contributed by atoms with E-state index in [1.54, 1.807) is 24.3 Å². The van der Waals surface area contributed by atoms with Gasteiger partial charge in [-0.2, -0.15) is 0 Å². The number of sulfonamides is 1. The Morgan fingerprint density at radius 1 is 1.55 bits per heavy atom. The number of nitrogens with one attached hydrogen (secondary N) is 1. The Kier molecular flexibility index (Phi) is 4.74. The zero-order valence-electron chi connectivity index (χ0n) is 11.2. The van der Waals surface area contributed by atoms with Gasteiger partial charge < -0.3 is 10.5 Å². The van der Waals surface area contributed by atoms with Crippen LogP contribution in [0.15, 0.2) is 24.3 Å². The first-order chi connectivity index (χ1) is 9.37. The van der Waals surface area contributed by atoms with Crippen molar-refractivity contribution in [1.29, 1.82) is 0 Å². The van der Waals surface area contributed by atoms with Crippen LogP contribution in [0.3, 0.4) is 0 Å². The Morgan fingerprint density at radius 2 is 2.30 bits per heavy atom. The van der Waals surface area contributed by atoms with Gasteiger partial charge in [0.15, 0.2) is 0 Å². The van der Waals surface area contributed by atoms with Crippen molar-refractivity contribution in [1.82, 2.24) is 4.72 Å². The van der Waals surface area contributed by atoms with Gasteiger partial charge in [0.2, 0.25) is 10.0 Å². The van der Waals surface area contributed by atoms with Crippen molar-refractivity contribution in [2.75, 3.05) is 6.61 Å². The average molecular weight is 314 g/mol. The lowest BCUT2D eigenvalue weighted by atomic mass is 10.1. The summed E-state index contributed by atoms with van der Waals surface area (Å²) in [5, 5.41) is 0. The van der Waals surface area contributed by atoms with E-state index in [1.807, 2.05) is 6.92 Å². The summed E-state index contributed by atoms with van der Waals surface area (Å²) in [6, 6.07) is 6.81. The monoisotopic (exact) mass is 314 g/mol. The zero-order valence-corrected chi connectivity index (χ0v) is 12.8. The van der Waals surface area contributed by atoms with Gasteiger partial charge in [0, 0.05) is 18.2 Å². The molecule has 0 radical (unpaired) electrons. The van der Waals surface area contributed by atoms with Crippen LogP contribution >= 0.6 is 12.2 Å². The Balaban J connectivity index is 2.08. The van der Waals surface area contributed by atoms with Gasteiger partial charge in [-0.05, 0) is 25.0 Å². The minimum absolute atomic E-state index is 0.0901. The van der Waals surface area contributed by atoms with Crippen LogP contribution in [0.5, 0.6) is 0 Å². The third-order valence-electron chi connectivity index (χ3n) is 3.28. The van der Waals surface area contributed by atoms with Gasteiger partial charge in [-0.25, -0.2) is 13.1 Å². The summed E-state index contributed by atoms with van der Waals surface area (Å²) in [7, 11) is -3.41. The quantitative estimate of drug-likeness (QED) is 0.790. The molecule has 110 valence electrons. The molecule has 0 amide bonds. The van der Waals surface area contributed by atoms with Crippen LogP contribution in [0.2, 0.25) is 0 Å². The van der Waals surface area contributed by atoms with Crippen molar-refractivity contribution in [3.8, 4) is 0 Å². The number of hydrogen-bond donors (Lipinski definition) is 2. The van der Waals surface area contributed by atoms with Crippen molar-refractivity contribution in [3.63, 3.8) is 0 Å². The first kappa shape index (κ1) is 15.4. The molecule has 0 bridgehead atoms. The highest BCUT2D eigenvalue weighted by Crippen LogP contribution is 2.15. The van der Waals surface area contributed by atoms with Crippen LogP contribution in [0.1, 0.15) is 24.5 Å². The van der Waals surface area contributed by atoms with E-state index in [1.165, 1.54) is 0 Å². The number of hydrogen-bond acceptors (Lipinski definition) is 4. The smallest absolute Gasteiger partial charge is 0.216 e. The summed E-state index contributed by atoms with van der Waals surface area (Å²) in [6.45, 7) is 2.46. The topological polar surface area (TPSA) is 81.4 Å². The molecule has 1 aromatic carbocycles. The molecular weight excluding hydrogens is 296 g/mol. The molecule has 1 heterocycles. The molecule has 7 heteroatoms. The summed E-state index contributed by atoms with van der Waals surface area (Å²) in [5.74, 6) is -0.0906. The second-order valence-corrected chi connectivity index (χ2v) is 7.11. The molecule has 20 heavy (non-hydrogen) atoms. The molecule has 1 aromatic rings. The summed E-state index contributed by atoms with van der Waals surface area (Å²) in [6.07, 6.45) is 0.612. The van der Waals surface area contributed by atoms with Crippen LogP contribution in [-0.2, 0) is 20.5 Å². The van der Waals surface area contributed by atoms with E-state index in [4.69, 9.17) is 22.7 Å². The highest BCUT2D eigenvalue weighted by atomic mass is 32.2. The summed E-state index contributed by atoms with van der Waals surface area (Å²) in [4.78, 5) is 0.259. The van der Waals surface area contributed by atoms with E-state index in [2.05, 4.69) is 4.72 Å². The first-order valence-corrected chi connectivity index (χ1v) is 8.44. The molecule has 1 aliphatic rings. The highest BCUT2D eigenvalue weighted by molar-refractivity contribution is 7.88. The Hall–Kier alpha value is -1.02. The van der Waals surface area contributed by atoms with Crippen molar-refractivity contribution < 1.29 is 13.2 Å². The Morgan fingerprint density at radius 3 is 2.90 bits per heavy atom. The molecule has 1 fully saturated rings. The normalized spacial score (nSPS) is 22.9. The molecule has 0 aromatic heterocycles. The molecule has 0 saturated carbocycles. The number of nitrogens with two attached hydrogens (primary N) is 1. The van der Waals surface area contributed by atoms with Gasteiger partial charge in [0.25, 0.3) is 0 Å². The van der Waals surface area contributed by atoms with E-state index < -0.39 is 10.0 Å². The largest absolute Gasteiger partial charge is 0.389 e. The lowest BCUT2D eigenvalue weighted by molar-refractivity contribution is 0.117. The maximum atomic E-state index is 12.2. The minimum Gasteiger partial charge on any atom is -0.389 e. The molecule has 0 aliphatic carbocycles. The maximum absolute atomic E-state index is 12.2. The zero-order chi connectivity index (χ0) is 14.8. The van der Waals surface area contributed by atoms with E-state index in [-0.39, 0.29) is 22.9 Å². The van der Waals surface area contributed by atoms with Crippen molar-refractivity contribution in [2.45, 2.75) is 31.2 Å². The van der Waals surface area contributed by atoms with E-state index in [0.717, 1.165) is 0 Å². The molecule has 1 aliphatic heterocycles. The minimum atomic E-state index is -3.41. The molecule has 2 atom stereocenters. The average Bonchev–Trinajstić information content (AvgIpc) is 2.74. The molecule has 2 rings (SSSR count). The molecule has 1 saturated heterocycles. The van der Waals surface area contributed by atoms with Gasteiger partial charge >= 0.3 is 0 Å². The van der Waals surface area contributed by atoms with Gasteiger partial charge in [0.1, 0.15) is 4.99 Å². The van der Waals surface area contributed by atoms with Crippen LogP contribution < -0.4 is 10.5 Å². The van der Waals surface area contributed by atoms with Crippen LogP contribution in [-0.4, -0.2) is 32.2 Å². The second-order valence-electron chi connectivity index (χ2n) is 4.91. The SMILES string of the molecule is CC1OCCC1NS(=O)(=O)Cc1cccc(C(N)=S)c1. The fourth-order valence-corrected chi connectivity index (χ4v) is 3.79. The fraction of sp³-hybridized carbons (Fsp3) is 0.462. The highest BCUT2D eigenvalue weighted by Gasteiger charge is 2.28. The van der Waals surface area contributed by atoms with Crippen LogP contribution in [0, 0.1) is 0 Å². The van der Waals surface area contributed by atoms with Gasteiger partial charge in [0.05, 0.1) is 11.9 Å². The Bertz CT molecular complexity index is 601. The molecular formula is C13H18N2O3S2. The Labute approximate surface area is 124 Å². The van der Waals surface area contributed by atoms with Gasteiger partial charge in [-0.1, -0.05) is 30.4 Å². The fourth-order valence-electron chi connectivity index (χ4n) is 2.19. The van der Waals surface area contributed by atoms with E-state index in [9.17, 15) is 8.42 Å². The molecule has 2 unspecified atom stereocenters. The molecule has 0 spiro atoms. The predicted molar refractivity (Wildman–Crippen MR) is 81.9 cm³/mol. The van der Waals surface area contributed by atoms with Crippen LogP contribution in [0.25, 0.3) is 0 Å². The number of rotatable bonds is 5. The van der Waals surface area contributed by atoms with Gasteiger partial charge in [-0.3, -0.25) is 0 Å². The number of ether oxygens (including phenoxy) is 1. The third-order valence-corrected chi connectivity index (χ3v) is 4.89. The van der Waals surface area contributed by atoms with E-state index in [0.29, 0.717) is 24.2 Å². The predicted octanol–water partition coefficient (Wildman–Crippen LogP) is 0.918. The third kappa shape index (κ3) is 3.99. The number of thiocarbonyl (C=S) groups is 1. The number of benzene rings is 1. The van der Waals surface area contributed by atoms with Crippen molar-refractivity contribution in [2.24, 2.45) is 5.73 Å². The first-order valence-electron chi connectivity index (χ1n) is 6.38. The standard InChI is InChI=1S/C13H18N2O3S2/c1-9-12(5-6-18-9)15-20(16,17)8-10-3-2-4-11(7-10)13(14)19/h2-4,7,9,12,15H,5-6,8H2,1H3,(H2,14,19). The second kappa shape index (κ2) is 6.17. The van der Waals surface area contributed by atoms with Gasteiger partial charge in [-0.15, -0.1) is 0 Å². The maximum Gasteiger partial charge on any atom is 0.216 e. The lowest BCUT2D eigenvalue weighted by Gasteiger charge is -2.16. The summed E-state index contributed by atoms with van der Waals surface area (Å²) in [5.41, 5.74) is 6.88. The molecule has 5 nitrogen and oxygen atoms in total. The van der Waals surface area contributed by atoms with E-state index >= 15 is 0 Å². The molecule has 3 N–H and O–H groups in total. The van der Waals surface area contributed by atoms with Crippen molar-refractivity contribution >= 4 is 27.2 Å². The summed E-state index contributed by atoms with van der Waals surface area (Å²) >= 11 is 4.89. The van der Waals surface area contributed by atoms with Crippen LogP contribution in [0.4, 0.5) is 0 Å².